The summed E-state index contributed by atoms with van der Waals surface area (Å²) in [5.41, 5.74) is 5.20. The predicted octanol–water partition coefficient (Wildman–Crippen LogP) is 0.874. The van der Waals surface area contributed by atoms with Gasteiger partial charge < -0.3 is 11.1 Å². The summed E-state index contributed by atoms with van der Waals surface area (Å²) in [5.74, 6) is 0.233. The number of hydrogen-bond donors (Lipinski definition) is 2. The Balaban J connectivity index is 2.85. The molecule has 0 aromatic heterocycles. The minimum atomic E-state index is -0.936. The quantitative estimate of drug-likeness (QED) is 0.569. The van der Waals surface area contributed by atoms with E-state index in [9.17, 15) is 19.1 Å². The Labute approximate surface area is 112 Å². The number of rotatable bonds is 7. The molecule has 3 N–H and O–H groups in total. The Morgan fingerprint density at radius 1 is 1.53 bits per heavy atom. The Morgan fingerprint density at radius 3 is 2.74 bits per heavy atom. The minimum Gasteiger partial charge on any atom is -0.379 e. The van der Waals surface area contributed by atoms with E-state index in [1.807, 2.05) is 0 Å². The van der Waals surface area contributed by atoms with Crippen molar-refractivity contribution in [2.45, 2.75) is 6.92 Å². The van der Waals surface area contributed by atoms with Crippen molar-refractivity contribution < 1.29 is 13.9 Å². The van der Waals surface area contributed by atoms with Crippen molar-refractivity contribution in [3.05, 3.63) is 33.9 Å². The van der Waals surface area contributed by atoms with Gasteiger partial charge in [-0.25, -0.2) is 0 Å². The fourth-order valence-electron chi connectivity index (χ4n) is 1.43. The molecule has 0 bridgehead atoms. The maximum Gasteiger partial charge on any atom is 0.293 e. The second-order valence-corrected chi connectivity index (χ2v) is 5.58. The third-order valence-corrected chi connectivity index (χ3v) is 3.75. The normalized spacial score (nSPS) is 11.8. The van der Waals surface area contributed by atoms with E-state index < -0.39 is 21.6 Å². The van der Waals surface area contributed by atoms with Gasteiger partial charge in [0.25, 0.3) is 5.69 Å². The highest BCUT2D eigenvalue weighted by Crippen LogP contribution is 2.25. The van der Waals surface area contributed by atoms with Crippen LogP contribution in [0.4, 0.5) is 11.4 Å². The molecule has 0 aliphatic heterocycles. The lowest BCUT2D eigenvalue weighted by Gasteiger charge is -2.07. The Bertz CT molecular complexity index is 519. The van der Waals surface area contributed by atoms with Gasteiger partial charge in [-0.2, -0.15) is 0 Å². The van der Waals surface area contributed by atoms with Crippen LogP contribution in [0.1, 0.15) is 17.3 Å². The van der Waals surface area contributed by atoms with E-state index in [4.69, 9.17) is 5.73 Å². The Morgan fingerprint density at radius 2 is 2.21 bits per heavy atom. The first-order valence-electron chi connectivity index (χ1n) is 5.62. The number of nitrogens with one attached hydrogen (secondary N) is 1. The summed E-state index contributed by atoms with van der Waals surface area (Å²) in [6, 6.07) is 3.96. The maximum absolute atomic E-state index is 11.2. The second-order valence-electron chi connectivity index (χ2n) is 3.71. The van der Waals surface area contributed by atoms with Crippen LogP contribution in [0, 0.1) is 10.1 Å². The molecule has 104 valence electrons. The fourth-order valence-corrected chi connectivity index (χ4v) is 2.05. The molecule has 1 amide bonds. The van der Waals surface area contributed by atoms with Gasteiger partial charge in [-0.3, -0.25) is 19.1 Å². The first-order valence-corrected chi connectivity index (χ1v) is 7.11. The number of primary amides is 1. The molecule has 1 rings (SSSR count). The van der Waals surface area contributed by atoms with E-state index in [1.54, 1.807) is 6.92 Å². The molecule has 1 aromatic rings. The van der Waals surface area contributed by atoms with E-state index in [2.05, 4.69) is 5.32 Å². The lowest BCUT2D eigenvalue weighted by atomic mass is 10.1. The molecule has 19 heavy (non-hydrogen) atoms. The summed E-state index contributed by atoms with van der Waals surface area (Å²) in [4.78, 5) is 21.3. The summed E-state index contributed by atoms with van der Waals surface area (Å²) in [5, 5.41) is 13.7. The molecule has 0 saturated carbocycles. The van der Waals surface area contributed by atoms with Crippen LogP contribution in [-0.2, 0) is 10.8 Å². The average molecular weight is 285 g/mol. The van der Waals surface area contributed by atoms with Gasteiger partial charge in [-0.15, -0.1) is 0 Å². The molecule has 0 aliphatic carbocycles. The van der Waals surface area contributed by atoms with Crippen LogP contribution in [0.2, 0.25) is 0 Å². The predicted molar refractivity (Wildman–Crippen MR) is 73.7 cm³/mol. The van der Waals surface area contributed by atoms with Gasteiger partial charge in [0.05, 0.1) is 4.92 Å². The van der Waals surface area contributed by atoms with Gasteiger partial charge in [-0.1, -0.05) is 6.92 Å². The molecule has 0 aliphatic rings. The first kappa shape index (κ1) is 15.1. The van der Waals surface area contributed by atoms with Crippen molar-refractivity contribution >= 4 is 28.1 Å². The number of nitrogens with two attached hydrogens (primary N) is 1. The molecule has 0 fully saturated rings. The Hall–Kier alpha value is -1.96. The van der Waals surface area contributed by atoms with Crippen LogP contribution < -0.4 is 11.1 Å². The van der Waals surface area contributed by atoms with E-state index in [0.717, 1.165) is 6.07 Å². The van der Waals surface area contributed by atoms with Crippen LogP contribution >= 0.6 is 0 Å². The van der Waals surface area contributed by atoms with E-state index in [-0.39, 0.29) is 16.9 Å². The zero-order valence-corrected chi connectivity index (χ0v) is 11.2. The van der Waals surface area contributed by atoms with Crippen molar-refractivity contribution in [3.8, 4) is 0 Å². The fraction of sp³-hybridized carbons (Fsp3) is 0.364. The highest BCUT2D eigenvalue weighted by molar-refractivity contribution is 7.84. The summed E-state index contributed by atoms with van der Waals surface area (Å²) in [6.45, 7) is 2.16. The molecule has 0 saturated heterocycles. The maximum atomic E-state index is 11.2. The van der Waals surface area contributed by atoms with Crippen molar-refractivity contribution in [2.75, 3.05) is 23.4 Å². The smallest absolute Gasteiger partial charge is 0.293 e. The van der Waals surface area contributed by atoms with Crippen LogP contribution in [0.5, 0.6) is 0 Å². The van der Waals surface area contributed by atoms with Gasteiger partial charge in [0, 0.05) is 40.5 Å². The third-order valence-electron chi connectivity index (χ3n) is 2.45. The zero-order valence-electron chi connectivity index (χ0n) is 10.4. The number of nitro groups is 1. The molecule has 7 nitrogen and oxygen atoms in total. The third kappa shape index (κ3) is 4.32. The van der Waals surface area contributed by atoms with Gasteiger partial charge in [0.15, 0.2) is 0 Å². The lowest BCUT2D eigenvalue weighted by molar-refractivity contribution is -0.384. The summed E-state index contributed by atoms with van der Waals surface area (Å²) < 4.78 is 11.2. The second kappa shape index (κ2) is 6.83. The van der Waals surface area contributed by atoms with Gasteiger partial charge >= 0.3 is 0 Å². The molecule has 0 spiro atoms. The number of amides is 1. The molecular formula is C11H15N3O4S. The molecule has 8 heteroatoms. The molecule has 0 radical (unpaired) electrons. The number of carbonyl (C=O) groups is 1. The average Bonchev–Trinajstić information content (AvgIpc) is 2.38. The SMILES string of the molecule is CCS(=O)CCNc1ccc(C(N)=O)cc1[N+](=O)[O-]. The lowest BCUT2D eigenvalue weighted by Crippen LogP contribution is -2.14. The largest absolute Gasteiger partial charge is 0.379 e. The van der Waals surface area contributed by atoms with Crippen molar-refractivity contribution in [1.29, 1.82) is 0 Å². The number of benzene rings is 1. The molecular weight excluding hydrogens is 270 g/mol. The zero-order chi connectivity index (χ0) is 14.4. The molecule has 1 unspecified atom stereocenters. The number of nitro benzene ring substituents is 1. The highest BCUT2D eigenvalue weighted by Gasteiger charge is 2.16. The monoisotopic (exact) mass is 285 g/mol. The van der Waals surface area contributed by atoms with Crippen LogP contribution in [-0.4, -0.2) is 33.1 Å². The molecule has 0 heterocycles. The number of carbonyl (C=O) groups excluding carboxylic acids is 1. The highest BCUT2D eigenvalue weighted by atomic mass is 32.2. The summed E-state index contributed by atoms with van der Waals surface area (Å²) >= 11 is 0. The summed E-state index contributed by atoms with van der Waals surface area (Å²) in [6.07, 6.45) is 0. The summed E-state index contributed by atoms with van der Waals surface area (Å²) in [7, 11) is -0.936. The van der Waals surface area contributed by atoms with Gasteiger partial charge in [-0.05, 0) is 12.1 Å². The van der Waals surface area contributed by atoms with E-state index >= 15 is 0 Å². The van der Waals surface area contributed by atoms with E-state index in [1.165, 1.54) is 12.1 Å². The standard InChI is InChI=1S/C11H15N3O4S/c1-2-19(18)6-5-13-9-4-3-8(11(12)15)7-10(9)14(16)17/h3-4,7,13H,2,5-6H2,1H3,(H2,12,15). The molecule has 1 aromatic carbocycles. The van der Waals surface area contributed by atoms with Crippen LogP contribution in [0.25, 0.3) is 0 Å². The first-order chi connectivity index (χ1) is 8.95. The minimum absolute atomic E-state index is 0.0781. The number of hydrogen-bond acceptors (Lipinski definition) is 5. The van der Waals surface area contributed by atoms with Gasteiger partial charge in [0.1, 0.15) is 5.69 Å². The van der Waals surface area contributed by atoms with Crippen LogP contribution in [0.15, 0.2) is 18.2 Å². The van der Waals surface area contributed by atoms with Crippen molar-refractivity contribution in [3.63, 3.8) is 0 Å². The Kier molecular flexibility index (Phi) is 5.43. The van der Waals surface area contributed by atoms with Crippen molar-refractivity contribution in [2.24, 2.45) is 5.73 Å². The van der Waals surface area contributed by atoms with Crippen molar-refractivity contribution in [1.82, 2.24) is 0 Å². The molecule has 1 atom stereocenters. The number of nitrogens with zero attached hydrogens (tertiary/aromatic N) is 1. The van der Waals surface area contributed by atoms with Crippen LogP contribution in [0.3, 0.4) is 0 Å². The number of anilines is 1. The van der Waals surface area contributed by atoms with Gasteiger partial charge in [0.2, 0.25) is 5.91 Å². The topological polar surface area (TPSA) is 115 Å². The van der Waals surface area contributed by atoms with E-state index in [0.29, 0.717) is 18.1 Å².